The van der Waals surface area contributed by atoms with Crippen LogP contribution in [-0.4, -0.2) is 30.7 Å². The maximum absolute atomic E-state index is 11.8. The van der Waals surface area contributed by atoms with Crippen LogP contribution in [0, 0.1) is 0 Å². The molecular formula is C18H18N4O2. The first-order chi connectivity index (χ1) is 11.7. The number of esters is 1. The summed E-state index contributed by atoms with van der Waals surface area (Å²) in [6.07, 6.45) is 0.0594. The van der Waals surface area contributed by atoms with Gasteiger partial charge in [-0.15, -0.1) is 0 Å². The van der Waals surface area contributed by atoms with Crippen molar-refractivity contribution in [3.63, 3.8) is 0 Å². The van der Waals surface area contributed by atoms with Crippen LogP contribution in [0.1, 0.15) is 17.5 Å². The fraction of sp³-hybridized carbons (Fsp3) is 0.167. The molecule has 0 saturated heterocycles. The molecular weight excluding hydrogens is 304 g/mol. The highest BCUT2D eigenvalue weighted by Gasteiger charge is 2.25. The van der Waals surface area contributed by atoms with Crippen LogP contribution in [0.2, 0.25) is 0 Å². The highest BCUT2D eigenvalue weighted by molar-refractivity contribution is 6.18. The Hall–Kier alpha value is -2.99. The van der Waals surface area contributed by atoms with Gasteiger partial charge in [-0.05, 0) is 6.07 Å². The lowest BCUT2D eigenvalue weighted by Crippen LogP contribution is -2.39. The van der Waals surface area contributed by atoms with E-state index < -0.39 is 6.04 Å². The molecule has 122 valence electrons. The van der Waals surface area contributed by atoms with Crippen LogP contribution in [0.25, 0.3) is 0 Å². The van der Waals surface area contributed by atoms with Gasteiger partial charge in [0.25, 0.3) is 0 Å². The number of carbonyl (C=O) groups is 1. The van der Waals surface area contributed by atoms with E-state index in [2.05, 4.69) is 10.4 Å². The van der Waals surface area contributed by atoms with Crippen LogP contribution < -0.4 is 11.3 Å². The van der Waals surface area contributed by atoms with E-state index >= 15 is 0 Å². The van der Waals surface area contributed by atoms with Gasteiger partial charge in [-0.25, -0.2) is 10.8 Å². The smallest absolute Gasteiger partial charge is 0.308 e. The quantitative estimate of drug-likeness (QED) is 0.513. The number of methoxy groups -OCH3 is 1. The van der Waals surface area contributed by atoms with Gasteiger partial charge < -0.3 is 10.2 Å². The van der Waals surface area contributed by atoms with E-state index in [0.29, 0.717) is 5.84 Å². The first-order valence-electron chi connectivity index (χ1n) is 7.57. The van der Waals surface area contributed by atoms with Crippen molar-refractivity contribution < 1.29 is 9.53 Å². The number of carbonyl (C=O) groups excluding carboxylic acids is 1. The molecule has 0 fully saturated rings. The molecule has 6 nitrogen and oxygen atoms in total. The summed E-state index contributed by atoms with van der Waals surface area (Å²) in [6.45, 7) is 0. The Kier molecular flexibility index (Phi) is 4.67. The molecule has 2 aromatic rings. The molecule has 0 aromatic heterocycles. The van der Waals surface area contributed by atoms with E-state index in [1.54, 1.807) is 0 Å². The molecule has 0 aliphatic carbocycles. The zero-order valence-electron chi connectivity index (χ0n) is 13.3. The molecule has 0 amide bonds. The Bertz CT molecular complexity index is 800. The maximum atomic E-state index is 11.8. The first kappa shape index (κ1) is 15.9. The normalized spacial score (nSPS) is 16.3. The zero-order valence-corrected chi connectivity index (χ0v) is 13.3. The fourth-order valence-electron chi connectivity index (χ4n) is 2.60. The minimum atomic E-state index is -0.537. The number of nitrogens with two attached hydrogens (primary N) is 1. The summed E-state index contributed by atoms with van der Waals surface area (Å²) < 4.78 is 4.77. The molecule has 0 spiro atoms. The summed E-state index contributed by atoms with van der Waals surface area (Å²) in [4.78, 5) is 21.1. The molecule has 6 heteroatoms. The molecule has 3 N–H and O–H groups in total. The fourth-order valence-corrected chi connectivity index (χ4v) is 2.60. The number of para-hydroxylation sites is 1. The molecule has 0 radical (unpaired) electrons. The van der Waals surface area contributed by atoms with E-state index in [9.17, 15) is 4.79 Å². The van der Waals surface area contributed by atoms with Gasteiger partial charge in [0.15, 0.2) is 0 Å². The van der Waals surface area contributed by atoms with Gasteiger partial charge in [0.2, 0.25) is 0 Å². The largest absolute Gasteiger partial charge is 0.469 e. The van der Waals surface area contributed by atoms with Gasteiger partial charge in [0.1, 0.15) is 11.9 Å². The summed E-state index contributed by atoms with van der Waals surface area (Å²) in [6, 6.07) is 16.9. The molecule has 1 aliphatic rings. The number of amidine groups is 1. The van der Waals surface area contributed by atoms with Crippen LogP contribution in [-0.2, 0) is 9.53 Å². The minimum Gasteiger partial charge on any atom is -0.469 e. The summed E-state index contributed by atoms with van der Waals surface area (Å²) in [7, 11) is 1.35. The second kappa shape index (κ2) is 7.06. The number of benzene rings is 2. The molecule has 2 aromatic carbocycles. The van der Waals surface area contributed by atoms with Gasteiger partial charge >= 0.3 is 5.97 Å². The van der Waals surface area contributed by atoms with E-state index in [4.69, 9.17) is 15.6 Å². The molecule has 1 aliphatic heterocycles. The van der Waals surface area contributed by atoms with Crippen molar-refractivity contribution in [2.75, 3.05) is 7.11 Å². The summed E-state index contributed by atoms with van der Waals surface area (Å²) in [5, 5.41) is 0. The van der Waals surface area contributed by atoms with Crippen molar-refractivity contribution in [1.82, 2.24) is 5.43 Å². The molecule has 1 heterocycles. The molecule has 1 atom stereocenters. The molecule has 24 heavy (non-hydrogen) atoms. The van der Waals surface area contributed by atoms with Crippen molar-refractivity contribution in [2.24, 2.45) is 15.8 Å². The van der Waals surface area contributed by atoms with Crippen LogP contribution in [0.4, 0.5) is 5.69 Å². The number of nitrogens with zero attached hydrogens (tertiary/aromatic N) is 2. The maximum Gasteiger partial charge on any atom is 0.308 e. The van der Waals surface area contributed by atoms with Crippen molar-refractivity contribution in [3.05, 3.63) is 65.7 Å². The van der Waals surface area contributed by atoms with E-state index in [-0.39, 0.29) is 12.4 Å². The molecule has 3 rings (SSSR count). The van der Waals surface area contributed by atoms with Gasteiger partial charge in [-0.2, -0.15) is 0 Å². The van der Waals surface area contributed by atoms with E-state index in [1.807, 2.05) is 54.6 Å². The number of hydrogen-bond donors (Lipinski definition) is 2. The van der Waals surface area contributed by atoms with Gasteiger partial charge in [-0.3, -0.25) is 9.79 Å². The van der Waals surface area contributed by atoms with Crippen molar-refractivity contribution in [3.8, 4) is 0 Å². The number of hydrazine groups is 1. The Morgan fingerprint density at radius 3 is 2.58 bits per heavy atom. The molecule has 0 bridgehead atoms. The standard InChI is InChI=1S/C18H18N4O2/c1-24-16(23)11-15-18(22-19)21-14-10-6-5-9-13(14)17(20-15)12-7-3-2-4-8-12/h2-10,15H,11,19H2,1H3,(H,21,22). The van der Waals surface area contributed by atoms with Gasteiger partial charge in [0, 0.05) is 11.1 Å². The van der Waals surface area contributed by atoms with Gasteiger partial charge in [-0.1, -0.05) is 48.5 Å². The summed E-state index contributed by atoms with van der Waals surface area (Å²) in [5.41, 5.74) is 5.94. The third-order valence-corrected chi connectivity index (χ3v) is 3.78. The number of fused-ring (bicyclic) bond motifs is 1. The van der Waals surface area contributed by atoms with E-state index in [0.717, 1.165) is 22.5 Å². The average molecular weight is 322 g/mol. The van der Waals surface area contributed by atoms with Crippen molar-refractivity contribution in [1.29, 1.82) is 0 Å². The Morgan fingerprint density at radius 2 is 1.88 bits per heavy atom. The average Bonchev–Trinajstić information content (AvgIpc) is 2.79. The molecule has 0 saturated carbocycles. The van der Waals surface area contributed by atoms with Crippen LogP contribution in [0.15, 0.2) is 64.6 Å². The first-order valence-corrected chi connectivity index (χ1v) is 7.57. The Balaban J connectivity index is 2.16. The third-order valence-electron chi connectivity index (χ3n) is 3.78. The second-order valence-electron chi connectivity index (χ2n) is 5.30. The van der Waals surface area contributed by atoms with Crippen molar-refractivity contribution >= 4 is 23.2 Å². The second-order valence-corrected chi connectivity index (χ2v) is 5.30. The number of nitrogens with one attached hydrogen (secondary N) is 1. The lowest BCUT2D eigenvalue weighted by Gasteiger charge is -2.13. The van der Waals surface area contributed by atoms with Crippen LogP contribution >= 0.6 is 0 Å². The Labute approximate surface area is 140 Å². The lowest BCUT2D eigenvalue weighted by molar-refractivity contribution is -0.140. The lowest BCUT2D eigenvalue weighted by atomic mass is 10.0. The Morgan fingerprint density at radius 1 is 1.17 bits per heavy atom. The zero-order chi connectivity index (χ0) is 16.9. The predicted octanol–water partition coefficient (Wildman–Crippen LogP) is 1.96. The highest BCUT2D eigenvalue weighted by atomic mass is 16.5. The number of hydrogen-bond acceptors (Lipinski definition) is 6. The van der Waals surface area contributed by atoms with E-state index in [1.165, 1.54) is 7.11 Å². The number of aliphatic imine (C=N–C) groups is 2. The summed E-state index contributed by atoms with van der Waals surface area (Å²) >= 11 is 0. The number of rotatable bonds is 3. The minimum absolute atomic E-state index is 0.0594. The number of ether oxygens (including phenoxy) is 1. The highest BCUT2D eigenvalue weighted by Crippen LogP contribution is 2.27. The third kappa shape index (κ3) is 3.18. The molecule has 1 unspecified atom stereocenters. The van der Waals surface area contributed by atoms with Crippen molar-refractivity contribution in [2.45, 2.75) is 12.5 Å². The van der Waals surface area contributed by atoms with Crippen LogP contribution in [0.5, 0.6) is 0 Å². The predicted molar refractivity (Wildman–Crippen MR) is 93.4 cm³/mol. The SMILES string of the molecule is COC(=O)CC1N=C(c2ccccc2)c2ccccc2N=C1NN. The van der Waals surface area contributed by atoms with Gasteiger partial charge in [0.05, 0.1) is 24.9 Å². The topological polar surface area (TPSA) is 89.1 Å². The van der Waals surface area contributed by atoms with Crippen LogP contribution in [0.3, 0.4) is 0 Å². The monoisotopic (exact) mass is 322 g/mol. The summed E-state index contributed by atoms with van der Waals surface area (Å²) in [5.74, 6) is 5.68.